The standard InChI is InChI=1S/C28H27N5O3/c1-15(33-35)12-23(34)24-20-8-9-21-16(2)25-17(14-30-36-25)13-28(21,3)26(20)32-27(31-24)19-10-11-29-22-7-5-4-6-18(19)22/h4-7,10-11,14,16,21,35H,8-9,12-13H2,1-3H3/b33-15-/t16-,21-,28-/m1/s1. The smallest absolute Gasteiger partial charge is 0.187 e. The van der Waals surface area contributed by atoms with Gasteiger partial charge in [-0.15, -0.1) is 0 Å². The molecule has 0 spiro atoms. The van der Waals surface area contributed by atoms with Crippen molar-refractivity contribution in [1.82, 2.24) is 20.1 Å². The van der Waals surface area contributed by atoms with Gasteiger partial charge in [-0.3, -0.25) is 9.78 Å². The molecule has 0 saturated carbocycles. The maximum atomic E-state index is 13.5. The Kier molecular flexibility index (Phi) is 5.21. The number of rotatable bonds is 4. The molecule has 0 saturated heterocycles. The summed E-state index contributed by atoms with van der Waals surface area (Å²) >= 11 is 0. The van der Waals surface area contributed by atoms with Crippen LogP contribution in [-0.2, 0) is 18.3 Å². The molecule has 3 aromatic heterocycles. The molecule has 6 rings (SSSR count). The van der Waals surface area contributed by atoms with E-state index in [9.17, 15) is 10.0 Å². The predicted molar refractivity (Wildman–Crippen MR) is 134 cm³/mol. The van der Waals surface area contributed by atoms with Gasteiger partial charge in [-0.05, 0) is 44.2 Å². The first kappa shape index (κ1) is 22.5. The zero-order valence-corrected chi connectivity index (χ0v) is 20.5. The highest BCUT2D eigenvalue weighted by atomic mass is 16.5. The molecule has 0 fully saturated rings. The van der Waals surface area contributed by atoms with Gasteiger partial charge in [0.2, 0.25) is 0 Å². The van der Waals surface area contributed by atoms with Gasteiger partial charge in [0.15, 0.2) is 11.6 Å². The van der Waals surface area contributed by atoms with E-state index in [0.29, 0.717) is 29.6 Å². The second-order valence-electron chi connectivity index (χ2n) is 10.3. The fourth-order valence-electron chi connectivity index (χ4n) is 6.35. The minimum absolute atomic E-state index is 0.00281. The average molecular weight is 482 g/mol. The van der Waals surface area contributed by atoms with E-state index in [1.807, 2.05) is 36.5 Å². The Morgan fingerprint density at radius 2 is 2.08 bits per heavy atom. The van der Waals surface area contributed by atoms with Gasteiger partial charge in [-0.1, -0.05) is 42.4 Å². The molecule has 8 nitrogen and oxygen atoms in total. The van der Waals surface area contributed by atoms with Crippen LogP contribution in [0.4, 0.5) is 0 Å². The van der Waals surface area contributed by atoms with Crippen LogP contribution in [0.25, 0.3) is 22.3 Å². The lowest BCUT2D eigenvalue weighted by Gasteiger charge is -2.47. The highest BCUT2D eigenvalue weighted by Crippen LogP contribution is 2.53. The molecule has 0 aliphatic heterocycles. The molecule has 8 heteroatoms. The number of nitrogens with zero attached hydrogens (tertiary/aromatic N) is 5. The number of hydrogen-bond donors (Lipinski definition) is 1. The van der Waals surface area contributed by atoms with E-state index in [2.05, 4.69) is 29.1 Å². The highest BCUT2D eigenvalue weighted by Gasteiger charge is 2.50. The second-order valence-corrected chi connectivity index (χ2v) is 10.3. The number of oxime groups is 1. The van der Waals surface area contributed by atoms with E-state index >= 15 is 0 Å². The Hall–Kier alpha value is -3.94. The lowest BCUT2D eigenvalue weighted by Crippen LogP contribution is -2.45. The molecule has 36 heavy (non-hydrogen) atoms. The summed E-state index contributed by atoms with van der Waals surface area (Å²) in [6.45, 7) is 6.08. The van der Waals surface area contributed by atoms with Crippen molar-refractivity contribution in [3.05, 3.63) is 71.0 Å². The Balaban J connectivity index is 1.60. The van der Waals surface area contributed by atoms with E-state index < -0.39 is 0 Å². The number of pyridine rings is 1. The Bertz CT molecular complexity index is 1540. The fourth-order valence-corrected chi connectivity index (χ4v) is 6.35. The molecule has 2 aliphatic rings. The van der Waals surface area contributed by atoms with E-state index in [1.165, 1.54) is 0 Å². The minimum atomic E-state index is -0.304. The summed E-state index contributed by atoms with van der Waals surface area (Å²) < 4.78 is 5.63. The summed E-state index contributed by atoms with van der Waals surface area (Å²) in [5.41, 5.74) is 5.07. The monoisotopic (exact) mass is 481 g/mol. The van der Waals surface area contributed by atoms with E-state index in [4.69, 9.17) is 14.5 Å². The zero-order valence-electron chi connectivity index (χ0n) is 20.5. The van der Waals surface area contributed by atoms with Crippen molar-refractivity contribution in [2.24, 2.45) is 11.1 Å². The van der Waals surface area contributed by atoms with E-state index in [0.717, 1.165) is 51.9 Å². The largest absolute Gasteiger partial charge is 0.411 e. The predicted octanol–water partition coefficient (Wildman–Crippen LogP) is 5.28. The van der Waals surface area contributed by atoms with Gasteiger partial charge in [0.25, 0.3) is 0 Å². The molecule has 1 aromatic carbocycles. The van der Waals surface area contributed by atoms with Crippen LogP contribution in [0.1, 0.15) is 72.6 Å². The van der Waals surface area contributed by atoms with Crippen LogP contribution in [0.2, 0.25) is 0 Å². The third-order valence-electron chi connectivity index (χ3n) is 8.06. The molecule has 3 heterocycles. The SMILES string of the molecule is C/C(CC(=O)c1nc(-c2ccnc3ccccc23)nc2c1CC[C@@H]1[C@@H](C)c3oncc3C[C@@]21C)=N/O. The zero-order chi connectivity index (χ0) is 25.0. The minimum Gasteiger partial charge on any atom is -0.411 e. The Morgan fingerprint density at radius 3 is 2.92 bits per heavy atom. The van der Waals surface area contributed by atoms with Gasteiger partial charge < -0.3 is 9.73 Å². The molecule has 4 aromatic rings. The van der Waals surface area contributed by atoms with Gasteiger partial charge in [0.05, 0.1) is 29.5 Å². The molecule has 0 bridgehead atoms. The summed E-state index contributed by atoms with van der Waals surface area (Å²) in [5.74, 6) is 1.80. The second kappa shape index (κ2) is 8.33. The van der Waals surface area contributed by atoms with Crippen molar-refractivity contribution < 1.29 is 14.5 Å². The first-order chi connectivity index (χ1) is 17.4. The third-order valence-corrected chi connectivity index (χ3v) is 8.06. The summed E-state index contributed by atoms with van der Waals surface area (Å²) in [5, 5.41) is 17.4. The maximum Gasteiger partial charge on any atom is 0.187 e. The topological polar surface area (TPSA) is 114 Å². The molecule has 0 radical (unpaired) electrons. The number of benzene rings is 1. The number of ketones is 1. The first-order valence-corrected chi connectivity index (χ1v) is 12.3. The van der Waals surface area contributed by atoms with E-state index in [1.54, 1.807) is 13.1 Å². The molecular formula is C28H27N5O3. The summed E-state index contributed by atoms with van der Waals surface area (Å²) in [6, 6.07) is 9.78. The summed E-state index contributed by atoms with van der Waals surface area (Å²) in [7, 11) is 0. The molecule has 3 atom stereocenters. The van der Waals surface area contributed by atoms with Gasteiger partial charge in [0.1, 0.15) is 11.5 Å². The number of carbonyl (C=O) groups excluding carboxylic acids is 1. The van der Waals surface area contributed by atoms with Gasteiger partial charge >= 0.3 is 0 Å². The van der Waals surface area contributed by atoms with Gasteiger partial charge in [-0.2, -0.15) is 0 Å². The first-order valence-electron chi connectivity index (χ1n) is 12.3. The van der Waals surface area contributed by atoms with Crippen LogP contribution < -0.4 is 0 Å². The maximum absolute atomic E-state index is 13.5. The van der Waals surface area contributed by atoms with Gasteiger partial charge in [-0.25, -0.2) is 9.97 Å². The molecule has 0 unspecified atom stereocenters. The van der Waals surface area contributed by atoms with Crippen molar-refractivity contribution >= 4 is 22.4 Å². The number of fused-ring (bicyclic) bond motifs is 5. The van der Waals surface area contributed by atoms with Crippen LogP contribution in [0.5, 0.6) is 0 Å². The fraction of sp³-hybridized carbons (Fsp3) is 0.357. The van der Waals surface area contributed by atoms with Crippen LogP contribution >= 0.6 is 0 Å². The molecule has 0 amide bonds. The average Bonchev–Trinajstić information content (AvgIpc) is 3.36. The van der Waals surface area contributed by atoms with Crippen molar-refractivity contribution in [3.8, 4) is 11.4 Å². The summed E-state index contributed by atoms with van der Waals surface area (Å²) in [4.78, 5) is 28.0. The Labute approximate surface area is 208 Å². The summed E-state index contributed by atoms with van der Waals surface area (Å²) in [6.07, 6.45) is 5.92. The molecule has 2 aliphatic carbocycles. The lowest BCUT2D eigenvalue weighted by molar-refractivity contribution is 0.0990. The number of aromatic nitrogens is 4. The van der Waals surface area contributed by atoms with Crippen molar-refractivity contribution in [3.63, 3.8) is 0 Å². The lowest BCUT2D eigenvalue weighted by atomic mass is 9.56. The van der Waals surface area contributed by atoms with Crippen LogP contribution in [0, 0.1) is 5.92 Å². The number of para-hydroxylation sites is 1. The van der Waals surface area contributed by atoms with Crippen LogP contribution in [-0.4, -0.2) is 36.8 Å². The quantitative estimate of drug-likeness (QED) is 0.182. The van der Waals surface area contributed by atoms with Crippen LogP contribution in [0.15, 0.2) is 52.4 Å². The normalized spacial score (nSPS) is 23.1. The van der Waals surface area contributed by atoms with Crippen molar-refractivity contribution in [1.29, 1.82) is 0 Å². The van der Waals surface area contributed by atoms with Crippen molar-refractivity contribution in [2.75, 3.05) is 0 Å². The number of carbonyl (C=O) groups is 1. The molecular weight excluding hydrogens is 454 g/mol. The molecule has 1 N–H and O–H groups in total. The number of Topliss-reactive ketones (excluding diaryl/α,β-unsaturated/α-hetero) is 1. The third kappa shape index (κ3) is 3.35. The van der Waals surface area contributed by atoms with E-state index in [-0.39, 0.29) is 23.5 Å². The van der Waals surface area contributed by atoms with Gasteiger partial charge in [0, 0.05) is 39.6 Å². The highest BCUT2D eigenvalue weighted by molar-refractivity contribution is 6.09. The Morgan fingerprint density at radius 1 is 1.25 bits per heavy atom. The van der Waals surface area contributed by atoms with Crippen molar-refractivity contribution in [2.45, 2.75) is 57.8 Å². The van der Waals surface area contributed by atoms with Crippen LogP contribution in [0.3, 0.4) is 0 Å². The number of hydrogen-bond acceptors (Lipinski definition) is 8. The molecule has 182 valence electrons.